The van der Waals surface area contributed by atoms with Gasteiger partial charge in [-0.1, -0.05) is 18.2 Å². The van der Waals surface area contributed by atoms with Crippen LogP contribution in [0.4, 0.5) is 4.39 Å². The number of hydrogen-bond acceptors (Lipinski definition) is 2. The van der Waals surface area contributed by atoms with E-state index in [-0.39, 0.29) is 5.82 Å². The van der Waals surface area contributed by atoms with Crippen LogP contribution < -0.4 is 4.74 Å². The van der Waals surface area contributed by atoms with Gasteiger partial charge in [0.25, 0.3) is 0 Å². The van der Waals surface area contributed by atoms with Gasteiger partial charge in [0.2, 0.25) is 0 Å². The first kappa shape index (κ1) is 9.65. The highest BCUT2D eigenvalue weighted by Gasteiger charge is 2.03. The van der Waals surface area contributed by atoms with E-state index < -0.39 is 5.97 Å². The zero-order chi connectivity index (χ0) is 10.8. The molecule has 0 unspecified atom stereocenters. The van der Waals surface area contributed by atoms with Gasteiger partial charge >= 0.3 is 5.97 Å². The van der Waals surface area contributed by atoms with Crippen molar-refractivity contribution in [2.45, 2.75) is 6.92 Å². The normalized spacial score (nSPS) is 10.3. The Hall–Kier alpha value is -1.90. The Morgan fingerprint density at radius 2 is 2.07 bits per heavy atom. The molecule has 0 amide bonds. The molecule has 0 saturated heterocycles. The van der Waals surface area contributed by atoms with E-state index >= 15 is 0 Å². The lowest BCUT2D eigenvalue weighted by molar-refractivity contribution is -0.131. The minimum absolute atomic E-state index is 0.318. The van der Waals surface area contributed by atoms with Crippen LogP contribution in [0.3, 0.4) is 0 Å². The van der Waals surface area contributed by atoms with Crippen molar-refractivity contribution in [3.05, 3.63) is 42.2 Å². The fraction of sp³-hybridized carbons (Fsp3) is 0.0833. The lowest BCUT2D eigenvalue weighted by atomic mass is 10.1. The molecule has 0 fully saturated rings. The van der Waals surface area contributed by atoms with Gasteiger partial charge < -0.3 is 4.74 Å². The molecule has 0 heterocycles. The average molecular weight is 204 g/mol. The summed E-state index contributed by atoms with van der Waals surface area (Å²) in [5, 5.41) is 1.24. The van der Waals surface area contributed by atoms with Gasteiger partial charge in [-0.2, -0.15) is 0 Å². The van der Waals surface area contributed by atoms with Crippen LogP contribution in [0, 0.1) is 5.82 Å². The molecule has 76 valence electrons. The van der Waals surface area contributed by atoms with E-state index in [1.54, 1.807) is 24.3 Å². The Morgan fingerprint density at radius 1 is 1.27 bits per heavy atom. The van der Waals surface area contributed by atoms with E-state index in [4.69, 9.17) is 4.74 Å². The number of benzene rings is 2. The van der Waals surface area contributed by atoms with Crippen LogP contribution in [0.5, 0.6) is 5.75 Å². The summed E-state index contributed by atoms with van der Waals surface area (Å²) >= 11 is 0. The van der Waals surface area contributed by atoms with Crippen molar-refractivity contribution in [1.29, 1.82) is 0 Å². The molecule has 0 aliphatic carbocycles. The molecular formula is C12H9FO2. The third kappa shape index (κ3) is 1.96. The summed E-state index contributed by atoms with van der Waals surface area (Å²) in [4.78, 5) is 10.7. The van der Waals surface area contributed by atoms with Crippen LogP contribution in [0.1, 0.15) is 6.92 Å². The number of esters is 1. The van der Waals surface area contributed by atoms with Crippen molar-refractivity contribution in [2.24, 2.45) is 0 Å². The summed E-state index contributed by atoms with van der Waals surface area (Å²) in [5.74, 6) is -0.368. The van der Waals surface area contributed by atoms with Crippen LogP contribution in [0.25, 0.3) is 10.8 Å². The highest BCUT2D eigenvalue weighted by molar-refractivity contribution is 5.85. The maximum absolute atomic E-state index is 13.4. The van der Waals surface area contributed by atoms with Crippen molar-refractivity contribution in [3.8, 4) is 5.75 Å². The van der Waals surface area contributed by atoms with Crippen molar-refractivity contribution in [3.63, 3.8) is 0 Å². The van der Waals surface area contributed by atoms with Crippen molar-refractivity contribution < 1.29 is 13.9 Å². The Bertz CT molecular complexity index is 520. The van der Waals surface area contributed by atoms with E-state index in [0.717, 1.165) is 5.39 Å². The van der Waals surface area contributed by atoms with E-state index in [2.05, 4.69) is 0 Å². The highest BCUT2D eigenvalue weighted by atomic mass is 19.1. The zero-order valence-corrected chi connectivity index (χ0v) is 8.16. The second kappa shape index (κ2) is 3.69. The molecule has 2 aromatic carbocycles. The number of halogens is 1. The van der Waals surface area contributed by atoms with Gasteiger partial charge in [-0.3, -0.25) is 4.79 Å². The first-order chi connectivity index (χ1) is 7.16. The van der Waals surface area contributed by atoms with Crippen molar-refractivity contribution in [1.82, 2.24) is 0 Å². The molecule has 2 aromatic rings. The van der Waals surface area contributed by atoms with Crippen LogP contribution in [-0.2, 0) is 4.79 Å². The lowest BCUT2D eigenvalue weighted by Gasteiger charge is -2.03. The standard InChI is InChI=1S/C12H9FO2/c1-8(14)15-10-6-5-9-3-2-4-12(13)11(9)7-10/h2-7H,1H3. The molecule has 0 radical (unpaired) electrons. The van der Waals surface area contributed by atoms with Crippen LogP contribution in [-0.4, -0.2) is 5.97 Å². The Morgan fingerprint density at radius 3 is 2.80 bits per heavy atom. The second-order valence-electron chi connectivity index (χ2n) is 3.22. The number of hydrogen-bond donors (Lipinski definition) is 0. The van der Waals surface area contributed by atoms with Gasteiger partial charge in [0.1, 0.15) is 11.6 Å². The molecule has 0 spiro atoms. The largest absolute Gasteiger partial charge is 0.427 e. The second-order valence-corrected chi connectivity index (χ2v) is 3.22. The zero-order valence-electron chi connectivity index (χ0n) is 8.16. The monoisotopic (exact) mass is 204 g/mol. The van der Waals surface area contributed by atoms with Crippen LogP contribution >= 0.6 is 0 Å². The number of carbonyl (C=O) groups excluding carboxylic acids is 1. The number of carbonyl (C=O) groups is 1. The third-order valence-electron chi connectivity index (χ3n) is 2.06. The molecule has 0 N–H and O–H groups in total. The Kier molecular flexibility index (Phi) is 2.37. The van der Waals surface area contributed by atoms with Gasteiger partial charge in [-0.25, -0.2) is 4.39 Å². The molecule has 0 saturated carbocycles. The first-order valence-corrected chi connectivity index (χ1v) is 4.53. The molecule has 0 bridgehead atoms. The van der Waals surface area contributed by atoms with Gasteiger partial charge in [-0.15, -0.1) is 0 Å². The molecule has 2 nitrogen and oxygen atoms in total. The summed E-state index contributed by atoms with van der Waals surface area (Å²) in [6, 6.07) is 9.70. The molecule has 0 atom stereocenters. The third-order valence-corrected chi connectivity index (χ3v) is 2.06. The number of ether oxygens (including phenoxy) is 1. The van der Waals surface area contributed by atoms with E-state index in [1.807, 2.05) is 0 Å². The fourth-order valence-electron chi connectivity index (χ4n) is 1.44. The topological polar surface area (TPSA) is 26.3 Å². The first-order valence-electron chi connectivity index (χ1n) is 4.53. The average Bonchev–Trinajstić information content (AvgIpc) is 2.18. The molecule has 0 aromatic heterocycles. The fourth-order valence-corrected chi connectivity index (χ4v) is 1.44. The molecular weight excluding hydrogens is 195 g/mol. The molecule has 15 heavy (non-hydrogen) atoms. The predicted octanol–water partition coefficient (Wildman–Crippen LogP) is 2.90. The van der Waals surface area contributed by atoms with Crippen LogP contribution in [0.2, 0.25) is 0 Å². The summed E-state index contributed by atoms with van der Waals surface area (Å²) in [7, 11) is 0. The Labute approximate surface area is 86.3 Å². The molecule has 2 rings (SSSR count). The van der Waals surface area contributed by atoms with E-state index in [0.29, 0.717) is 11.1 Å². The number of fused-ring (bicyclic) bond motifs is 1. The molecule has 0 aliphatic heterocycles. The molecule has 3 heteroatoms. The van der Waals surface area contributed by atoms with Crippen molar-refractivity contribution in [2.75, 3.05) is 0 Å². The summed E-state index contributed by atoms with van der Waals surface area (Å²) in [6.07, 6.45) is 0. The smallest absolute Gasteiger partial charge is 0.308 e. The van der Waals surface area contributed by atoms with Gasteiger partial charge in [0.15, 0.2) is 0 Å². The quantitative estimate of drug-likeness (QED) is 0.527. The van der Waals surface area contributed by atoms with E-state index in [9.17, 15) is 9.18 Å². The highest BCUT2D eigenvalue weighted by Crippen LogP contribution is 2.23. The van der Waals surface area contributed by atoms with Crippen molar-refractivity contribution >= 4 is 16.7 Å². The lowest BCUT2D eigenvalue weighted by Crippen LogP contribution is -2.01. The summed E-state index contributed by atoms with van der Waals surface area (Å²) < 4.78 is 18.2. The Balaban J connectivity index is 2.54. The number of rotatable bonds is 1. The predicted molar refractivity (Wildman–Crippen MR) is 55.2 cm³/mol. The van der Waals surface area contributed by atoms with Crippen LogP contribution in [0.15, 0.2) is 36.4 Å². The summed E-state index contributed by atoms with van der Waals surface area (Å²) in [6.45, 7) is 1.31. The minimum atomic E-state index is -0.411. The van der Waals surface area contributed by atoms with Gasteiger partial charge in [0, 0.05) is 12.3 Å². The maximum Gasteiger partial charge on any atom is 0.308 e. The maximum atomic E-state index is 13.4. The van der Waals surface area contributed by atoms with E-state index in [1.165, 1.54) is 19.1 Å². The summed E-state index contributed by atoms with van der Waals surface area (Å²) in [5.41, 5.74) is 0. The SMILES string of the molecule is CC(=O)Oc1ccc2cccc(F)c2c1. The van der Waals surface area contributed by atoms with Gasteiger partial charge in [0.05, 0.1) is 0 Å². The van der Waals surface area contributed by atoms with Gasteiger partial charge in [-0.05, 0) is 23.6 Å². The minimum Gasteiger partial charge on any atom is -0.427 e. The molecule has 0 aliphatic rings.